The Hall–Kier alpha value is -3.00. The molecule has 1 N–H and O–H groups in total. The van der Waals surface area contributed by atoms with E-state index in [1.807, 2.05) is 25.1 Å². The minimum atomic E-state index is 0.403. The van der Waals surface area contributed by atoms with E-state index < -0.39 is 0 Å². The van der Waals surface area contributed by atoms with Gasteiger partial charge in [-0.1, -0.05) is 68.5 Å². The minimum Gasteiger partial charge on any atom is -0.508 e. The Bertz CT molecular complexity index is 970. The van der Waals surface area contributed by atoms with Crippen LogP contribution in [0.25, 0.3) is 5.57 Å². The maximum atomic E-state index is 9.11. The highest BCUT2D eigenvalue weighted by atomic mass is 16.5. The van der Waals surface area contributed by atoms with Crippen molar-refractivity contribution in [3.8, 4) is 11.5 Å². The number of aromatic hydroxyl groups is 1. The highest BCUT2D eigenvalue weighted by Gasteiger charge is 2.03. The number of phenolic OH excluding ortho intramolecular Hbond substituents is 1. The Kier molecular flexibility index (Phi) is 9.21. The van der Waals surface area contributed by atoms with Gasteiger partial charge < -0.3 is 9.84 Å². The van der Waals surface area contributed by atoms with Gasteiger partial charge in [-0.25, -0.2) is 0 Å². The van der Waals surface area contributed by atoms with Crippen molar-refractivity contribution in [3.05, 3.63) is 101 Å². The third-order valence-corrected chi connectivity index (χ3v) is 5.04. The summed E-state index contributed by atoms with van der Waals surface area (Å²) in [5.41, 5.74) is 7.31. The summed E-state index contributed by atoms with van der Waals surface area (Å²) >= 11 is 0. The van der Waals surface area contributed by atoms with E-state index in [9.17, 15) is 0 Å². The monoisotopic (exact) mass is 402 g/mol. The van der Waals surface area contributed by atoms with Crippen LogP contribution in [0.3, 0.4) is 0 Å². The Morgan fingerprint density at radius 1 is 0.900 bits per heavy atom. The Morgan fingerprint density at radius 2 is 1.57 bits per heavy atom. The maximum absolute atomic E-state index is 9.11. The van der Waals surface area contributed by atoms with Crippen LogP contribution in [0.4, 0.5) is 0 Å². The molecule has 0 unspecified atom stereocenters. The van der Waals surface area contributed by atoms with Crippen LogP contribution in [-0.4, -0.2) is 5.11 Å². The van der Waals surface area contributed by atoms with Crippen LogP contribution in [-0.2, 0) is 13.0 Å². The van der Waals surface area contributed by atoms with Crippen LogP contribution >= 0.6 is 0 Å². The molecular weight excluding hydrogens is 368 g/mol. The summed E-state index contributed by atoms with van der Waals surface area (Å²) in [6.07, 6.45) is 4.20. The topological polar surface area (TPSA) is 29.5 Å². The zero-order chi connectivity index (χ0) is 21.9. The first kappa shape index (κ1) is 23.3. The molecule has 0 bridgehead atoms. The molecule has 0 spiro atoms. The summed E-state index contributed by atoms with van der Waals surface area (Å²) in [7, 11) is 0. The molecule has 0 aliphatic heterocycles. The lowest BCUT2D eigenvalue weighted by Crippen LogP contribution is -1.98. The number of para-hydroxylation sites is 1. The van der Waals surface area contributed by atoms with Crippen LogP contribution in [0.1, 0.15) is 55.0 Å². The van der Waals surface area contributed by atoms with Gasteiger partial charge in [-0.2, -0.15) is 0 Å². The van der Waals surface area contributed by atoms with Gasteiger partial charge in [0.05, 0.1) is 0 Å². The molecular formula is C28H34O2. The summed E-state index contributed by atoms with van der Waals surface area (Å²) in [5.74, 6) is 1.34. The maximum Gasteiger partial charge on any atom is 0.120 e. The van der Waals surface area contributed by atoms with Crippen molar-refractivity contribution in [2.75, 3.05) is 0 Å². The number of aryl methyl sites for hydroxylation is 3. The van der Waals surface area contributed by atoms with Crippen LogP contribution < -0.4 is 4.74 Å². The molecule has 0 amide bonds. The molecule has 0 aromatic heterocycles. The second-order valence-electron chi connectivity index (χ2n) is 7.53. The molecule has 0 radical (unpaired) electrons. The average Bonchev–Trinajstić information content (AvgIpc) is 2.74. The highest BCUT2D eigenvalue weighted by molar-refractivity contribution is 5.65. The van der Waals surface area contributed by atoms with Crippen molar-refractivity contribution in [1.82, 2.24) is 0 Å². The molecule has 0 saturated heterocycles. The van der Waals surface area contributed by atoms with Gasteiger partial charge in [0.2, 0.25) is 0 Å². The van der Waals surface area contributed by atoms with E-state index in [4.69, 9.17) is 9.84 Å². The number of rotatable bonds is 6. The minimum absolute atomic E-state index is 0.403. The molecule has 0 heterocycles. The molecule has 158 valence electrons. The van der Waals surface area contributed by atoms with E-state index in [-0.39, 0.29) is 0 Å². The Morgan fingerprint density at radius 3 is 2.17 bits per heavy atom. The molecule has 2 heteroatoms. The van der Waals surface area contributed by atoms with Crippen molar-refractivity contribution in [3.63, 3.8) is 0 Å². The van der Waals surface area contributed by atoms with Crippen LogP contribution in [0.15, 0.2) is 72.8 Å². The number of phenols is 1. The van der Waals surface area contributed by atoms with Crippen LogP contribution in [0.2, 0.25) is 0 Å². The van der Waals surface area contributed by atoms with Crippen LogP contribution in [0.5, 0.6) is 11.5 Å². The quantitative estimate of drug-likeness (QED) is 0.459. The molecule has 3 aromatic rings. The second-order valence-corrected chi connectivity index (χ2v) is 7.53. The number of ether oxygens (including phenoxy) is 1. The number of hydrogen-bond acceptors (Lipinski definition) is 2. The second kappa shape index (κ2) is 11.9. The Labute approximate surface area is 181 Å². The summed E-state index contributed by atoms with van der Waals surface area (Å²) in [6.45, 7) is 11.2. The van der Waals surface area contributed by atoms with E-state index in [1.165, 1.54) is 27.8 Å². The van der Waals surface area contributed by atoms with Gasteiger partial charge in [-0.15, -0.1) is 0 Å². The van der Waals surface area contributed by atoms with Crippen molar-refractivity contribution >= 4 is 5.57 Å². The van der Waals surface area contributed by atoms with E-state index in [0.717, 1.165) is 24.2 Å². The van der Waals surface area contributed by atoms with Gasteiger partial charge in [0.25, 0.3) is 0 Å². The van der Waals surface area contributed by atoms with E-state index in [1.54, 1.807) is 6.07 Å². The molecule has 0 saturated carbocycles. The summed E-state index contributed by atoms with van der Waals surface area (Å²) in [5, 5.41) is 9.11. The molecule has 30 heavy (non-hydrogen) atoms. The molecule has 3 aromatic carbocycles. The standard InChI is InChI=1S/C20H24O.C8H10O/c1-5-8-16(3)19-11-15(2)12-20(13-19)21-14-18-10-7-6-9-17(18)4;1-2-7-5-3-4-6-8(7)9/h6-13H,5,14H2,1-4H3;3-6,9H,2H2,1H3/b16-8-;. The lowest BCUT2D eigenvalue weighted by molar-refractivity contribution is 0.305. The molecule has 3 rings (SSSR count). The van der Waals surface area contributed by atoms with Gasteiger partial charge in [0.15, 0.2) is 0 Å². The zero-order valence-corrected chi connectivity index (χ0v) is 18.9. The first-order valence-corrected chi connectivity index (χ1v) is 10.7. The van der Waals surface area contributed by atoms with Crippen molar-refractivity contribution in [2.45, 2.75) is 54.1 Å². The van der Waals surface area contributed by atoms with Gasteiger partial charge in [-0.05, 0) is 85.2 Å². The zero-order valence-electron chi connectivity index (χ0n) is 18.9. The smallest absolute Gasteiger partial charge is 0.120 e. The van der Waals surface area contributed by atoms with Gasteiger partial charge >= 0.3 is 0 Å². The van der Waals surface area contributed by atoms with Crippen molar-refractivity contribution in [1.29, 1.82) is 0 Å². The van der Waals surface area contributed by atoms with Gasteiger partial charge in [0, 0.05) is 0 Å². The highest BCUT2D eigenvalue weighted by Crippen LogP contribution is 2.24. The van der Waals surface area contributed by atoms with E-state index in [0.29, 0.717) is 12.4 Å². The molecule has 0 fully saturated rings. The third-order valence-electron chi connectivity index (χ3n) is 5.04. The van der Waals surface area contributed by atoms with Gasteiger partial charge in [0.1, 0.15) is 18.1 Å². The fraction of sp³-hybridized carbons (Fsp3) is 0.286. The fourth-order valence-corrected chi connectivity index (χ4v) is 3.23. The summed E-state index contributed by atoms with van der Waals surface area (Å²) in [6, 6.07) is 22.2. The van der Waals surface area contributed by atoms with Gasteiger partial charge in [-0.3, -0.25) is 0 Å². The first-order valence-electron chi connectivity index (χ1n) is 10.7. The normalized spacial score (nSPS) is 10.9. The Balaban J connectivity index is 0.000000297. The van der Waals surface area contributed by atoms with E-state index in [2.05, 4.69) is 76.2 Å². The fourth-order valence-electron chi connectivity index (χ4n) is 3.23. The molecule has 0 aliphatic rings. The first-order chi connectivity index (χ1) is 14.4. The number of allylic oxidation sites excluding steroid dienone is 2. The molecule has 2 nitrogen and oxygen atoms in total. The van der Waals surface area contributed by atoms with Crippen molar-refractivity contribution in [2.24, 2.45) is 0 Å². The lowest BCUT2D eigenvalue weighted by Gasteiger charge is -2.11. The predicted octanol–water partition coefficient (Wildman–Crippen LogP) is 7.65. The summed E-state index contributed by atoms with van der Waals surface area (Å²) < 4.78 is 6.00. The number of hydrogen-bond donors (Lipinski definition) is 1. The third kappa shape index (κ3) is 7.11. The summed E-state index contributed by atoms with van der Waals surface area (Å²) in [4.78, 5) is 0. The molecule has 0 aliphatic carbocycles. The van der Waals surface area contributed by atoms with Crippen LogP contribution in [0, 0.1) is 13.8 Å². The number of benzene rings is 3. The lowest BCUT2D eigenvalue weighted by atomic mass is 10.0. The average molecular weight is 403 g/mol. The SMILES string of the molecule is CC/C=C(/C)c1cc(C)cc(OCc2ccccc2C)c1.CCc1ccccc1O. The molecule has 0 atom stereocenters. The predicted molar refractivity (Wildman–Crippen MR) is 128 cm³/mol. The largest absolute Gasteiger partial charge is 0.508 e. The van der Waals surface area contributed by atoms with E-state index >= 15 is 0 Å². The van der Waals surface area contributed by atoms with Crippen molar-refractivity contribution < 1.29 is 9.84 Å².